The third-order valence-corrected chi connectivity index (χ3v) is 2.67. The minimum absolute atomic E-state index is 0.359. The molecule has 1 amide bonds. The highest BCUT2D eigenvalue weighted by Gasteiger charge is 2.12. The molecule has 0 aliphatic heterocycles. The number of carbonyl (C=O) groups is 1. The molecule has 0 spiro atoms. The van der Waals surface area contributed by atoms with E-state index in [1.54, 1.807) is 0 Å². The van der Waals surface area contributed by atoms with Crippen molar-refractivity contribution < 1.29 is 4.79 Å². The number of primary amides is 1. The number of anilines is 1. The molecule has 0 radical (unpaired) electrons. The maximum absolute atomic E-state index is 11.1. The van der Waals surface area contributed by atoms with Crippen LogP contribution < -0.4 is 11.1 Å². The molecule has 0 fully saturated rings. The first kappa shape index (κ1) is 11.4. The topological polar surface area (TPSA) is 68.0 Å². The van der Waals surface area contributed by atoms with Gasteiger partial charge in [-0.3, -0.25) is 4.79 Å². The number of hydrogen-bond acceptors (Lipinski definition) is 3. The Labute approximate surface area is 99.8 Å². The van der Waals surface area contributed by atoms with Crippen molar-refractivity contribution in [2.45, 2.75) is 19.4 Å². The van der Waals surface area contributed by atoms with Gasteiger partial charge in [-0.05, 0) is 24.6 Å². The number of benzene rings is 1. The zero-order valence-electron chi connectivity index (χ0n) is 9.68. The van der Waals surface area contributed by atoms with Crippen LogP contribution in [0.2, 0.25) is 0 Å². The molecule has 0 aliphatic carbocycles. The molecular formula is C13H15N3O. The largest absolute Gasteiger partial charge is 0.368 e. The van der Waals surface area contributed by atoms with Crippen LogP contribution in [0.5, 0.6) is 0 Å². The average Bonchev–Trinajstić information content (AvgIpc) is 2.35. The summed E-state index contributed by atoms with van der Waals surface area (Å²) in [4.78, 5) is 15.6. The van der Waals surface area contributed by atoms with Crippen molar-refractivity contribution in [2.75, 3.05) is 5.32 Å². The van der Waals surface area contributed by atoms with Crippen LogP contribution in [0.3, 0.4) is 0 Å². The third kappa shape index (κ3) is 2.53. The van der Waals surface area contributed by atoms with Crippen LogP contribution in [0.1, 0.15) is 13.3 Å². The van der Waals surface area contributed by atoms with Gasteiger partial charge in [0.05, 0.1) is 5.52 Å². The van der Waals surface area contributed by atoms with Gasteiger partial charge in [-0.25, -0.2) is 4.98 Å². The van der Waals surface area contributed by atoms with Crippen LogP contribution in [-0.2, 0) is 4.79 Å². The Morgan fingerprint density at radius 3 is 2.82 bits per heavy atom. The van der Waals surface area contributed by atoms with Crippen molar-refractivity contribution >= 4 is 22.6 Å². The van der Waals surface area contributed by atoms with Crippen LogP contribution >= 0.6 is 0 Å². The Kier molecular flexibility index (Phi) is 3.23. The standard InChI is InChI=1S/C13H15N3O/c1-2-10(13(14)17)15-12-8-7-9-5-3-4-6-11(9)16-12/h3-8,10H,2H2,1H3,(H2,14,17)(H,15,16)/t10-/m1/s1. The van der Waals surface area contributed by atoms with Gasteiger partial charge < -0.3 is 11.1 Å². The lowest BCUT2D eigenvalue weighted by Gasteiger charge is -2.14. The van der Waals surface area contributed by atoms with Crippen molar-refractivity contribution in [1.82, 2.24) is 4.98 Å². The van der Waals surface area contributed by atoms with Crippen LogP contribution in [0.15, 0.2) is 36.4 Å². The number of fused-ring (bicyclic) bond motifs is 1. The summed E-state index contributed by atoms with van der Waals surface area (Å²) in [5.74, 6) is 0.316. The summed E-state index contributed by atoms with van der Waals surface area (Å²) < 4.78 is 0. The van der Waals surface area contributed by atoms with Gasteiger partial charge in [-0.2, -0.15) is 0 Å². The molecule has 0 saturated carbocycles. The second-order valence-corrected chi connectivity index (χ2v) is 3.90. The highest BCUT2D eigenvalue weighted by Crippen LogP contribution is 2.15. The van der Waals surface area contributed by atoms with Crippen molar-refractivity contribution in [3.05, 3.63) is 36.4 Å². The molecule has 2 rings (SSSR count). The zero-order chi connectivity index (χ0) is 12.3. The van der Waals surface area contributed by atoms with Gasteiger partial charge in [0, 0.05) is 5.39 Å². The van der Waals surface area contributed by atoms with Crippen molar-refractivity contribution in [1.29, 1.82) is 0 Å². The lowest BCUT2D eigenvalue weighted by atomic mass is 10.2. The summed E-state index contributed by atoms with van der Waals surface area (Å²) in [6.07, 6.45) is 0.643. The van der Waals surface area contributed by atoms with E-state index in [2.05, 4.69) is 10.3 Å². The number of para-hydroxylation sites is 1. The quantitative estimate of drug-likeness (QED) is 0.841. The van der Waals surface area contributed by atoms with Crippen molar-refractivity contribution in [2.24, 2.45) is 5.73 Å². The zero-order valence-corrected chi connectivity index (χ0v) is 9.68. The predicted molar refractivity (Wildman–Crippen MR) is 68.6 cm³/mol. The SMILES string of the molecule is CC[C@@H](Nc1ccc2ccccc2n1)C(N)=O. The van der Waals surface area contributed by atoms with Gasteiger partial charge in [0.2, 0.25) is 5.91 Å². The second kappa shape index (κ2) is 4.82. The Balaban J connectivity index is 2.27. The van der Waals surface area contributed by atoms with E-state index >= 15 is 0 Å². The first-order valence-corrected chi connectivity index (χ1v) is 5.62. The minimum atomic E-state index is -0.372. The first-order chi connectivity index (χ1) is 8.20. The van der Waals surface area contributed by atoms with Crippen LogP contribution in [0.25, 0.3) is 10.9 Å². The fraction of sp³-hybridized carbons (Fsp3) is 0.231. The fourth-order valence-electron chi connectivity index (χ4n) is 1.70. The summed E-state index contributed by atoms with van der Waals surface area (Å²) in [6, 6.07) is 11.3. The molecule has 88 valence electrons. The third-order valence-electron chi connectivity index (χ3n) is 2.67. The number of hydrogen-bond donors (Lipinski definition) is 2. The number of aromatic nitrogens is 1. The van der Waals surface area contributed by atoms with Gasteiger partial charge in [0.1, 0.15) is 11.9 Å². The highest BCUT2D eigenvalue weighted by molar-refractivity contribution is 5.84. The van der Waals surface area contributed by atoms with Crippen molar-refractivity contribution in [3.8, 4) is 0 Å². The number of pyridine rings is 1. The molecular weight excluding hydrogens is 214 g/mol. The molecule has 1 atom stereocenters. The molecule has 2 aromatic rings. The number of nitrogens with zero attached hydrogens (tertiary/aromatic N) is 1. The summed E-state index contributed by atoms with van der Waals surface area (Å²) in [5.41, 5.74) is 6.18. The lowest BCUT2D eigenvalue weighted by Crippen LogP contribution is -2.34. The Morgan fingerprint density at radius 1 is 1.35 bits per heavy atom. The normalized spacial score (nSPS) is 12.3. The number of nitrogens with one attached hydrogen (secondary N) is 1. The molecule has 0 bridgehead atoms. The van der Waals surface area contributed by atoms with Gasteiger partial charge in [-0.15, -0.1) is 0 Å². The van der Waals surface area contributed by atoms with E-state index in [1.165, 1.54) is 0 Å². The fourth-order valence-corrected chi connectivity index (χ4v) is 1.70. The molecule has 17 heavy (non-hydrogen) atoms. The van der Waals surface area contributed by atoms with Gasteiger partial charge >= 0.3 is 0 Å². The minimum Gasteiger partial charge on any atom is -0.368 e. The Hall–Kier alpha value is -2.10. The molecule has 4 heteroatoms. The molecule has 1 aromatic heterocycles. The van der Waals surface area contributed by atoms with Crippen LogP contribution in [-0.4, -0.2) is 16.9 Å². The predicted octanol–water partition coefficient (Wildman–Crippen LogP) is 1.91. The average molecular weight is 229 g/mol. The van der Waals surface area contributed by atoms with E-state index in [1.807, 2.05) is 43.3 Å². The van der Waals surface area contributed by atoms with Gasteiger partial charge in [-0.1, -0.05) is 25.1 Å². The van der Waals surface area contributed by atoms with E-state index in [4.69, 9.17) is 5.73 Å². The Morgan fingerprint density at radius 2 is 2.12 bits per heavy atom. The van der Waals surface area contributed by atoms with E-state index in [9.17, 15) is 4.79 Å². The van der Waals surface area contributed by atoms with E-state index in [0.29, 0.717) is 12.2 Å². The van der Waals surface area contributed by atoms with E-state index < -0.39 is 0 Å². The van der Waals surface area contributed by atoms with Crippen LogP contribution in [0, 0.1) is 0 Å². The molecule has 0 unspecified atom stereocenters. The summed E-state index contributed by atoms with van der Waals surface area (Å²) >= 11 is 0. The first-order valence-electron chi connectivity index (χ1n) is 5.62. The van der Waals surface area contributed by atoms with E-state index in [0.717, 1.165) is 10.9 Å². The maximum atomic E-state index is 11.1. The lowest BCUT2D eigenvalue weighted by molar-refractivity contribution is -0.118. The number of carbonyl (C=O) groups excluding carboxylic acids is 1. The molecule has 0 aliphatic rings. The summed E-state index contributed by atoms with van der Waals surface area (Å²) in [7, 11) is 0. The Bertz CT molecular complexity index is 539. The molecule has 3 N–H and O–H groups in total. The summed E-state index contributed by atoms with van der Waals surface area (Å²) in [6.45, 7) is 1.91. The number of nitrogens with two attached hydrogens (primary N) is 1. The molecule has 1 aromatic carbocycles. The smallest absolute Gasteiger partial charge is 0.239 e. The van der Waals surface area contributed by atoms with Gasteiger partial charge in [0.25, 0.3) is 0 Å². The molecule has 0 saturated heterocycles. The molecule has 1 heterocycles. The second-order valence-electron chi connectivity index (χ2n) is 3.90. The van der Waals surface area contributed by atoms with Crippen LogP contribution in [0.4, 0.5) is 5.82 Å². The summed E-state index contributed by atoms with van der Waals surface area (Å²) in [5, 5.41) is 4.11. The monoisotopic (exact) mass is 229 g/mol. The number of amides is 1. The van der Waals surface area contributed by atoms with Crippen molar-refractivity contribution in [3.63, 3.8) is 0 Å². The van der Waals surface area contributed by atoms with Gasteiger partial charge in [0.15, 0.2) is 0 Å². The highest BCUT2D eigenvalue weighted by atomic mass is 16.1. The van der Waals surface area contributed by atoms with E-state index in [-0.39, 0.29) is 11.9 Å². The number of rotatable bonds is 4. The molecule has 4 nitrogen and oxygen atoms in total. The maximum Gasteiger partial charge on any atom is 0.239 e.